The SMILES string of the molecule is CC[C@@H](C)NC(=O)[C@H](Cc1ccccc1)N(Cc1ccc(Br)cc1)C(=O)CN(c1ccc(Cl)cc1C)S(=O)(=O)c1ccc(C)cc1. The molecule has 7 nitrogen and oxygen atoms in total. The summed E-state index contributed by atoms with van der Waals surface area (Å²) < 4.78 is 30.5. The summed E-state index contributed by atoms with van der Waals surface area (Å²) in [7, 11) is -4.21. The lowest BCUT2D eigenvalue weighted by atomic mass is 10.0. The molecule has 0 fully saturated rings. The number of aryl methyl sites for hydroxylation is 2. The van der Waals surface area contributed by atoms with Crippen LogP contribution in [0.15, 0.2) is 106 Å². The summed E-state index contributed by atoms with van der Waals surface area (Å²) in [6.45, 7) is 7.08. The van der Waals surface area contributed by atoms with E-state index >= 15 is 0 Å². The Hall–Kier alpha value is -3.66. The number of hydrogen-bond acceptors (Lipinski definition) is 4. The van der Waals surface area contributed by atoms with Gasteiger partial charge in [0.2, 0.25) is 11.8 Å². The van der Waals surface area contributed by atoms with Gasteiger partial charge in [-0.3, -0.25) is 13.9 Å². The van der Waals surface area contributed by atoms with Crippen LogP contribution in [0.5, 0.6) is 0 Å². The van der Waals surface area contributed by atoms with Crippen molar-refractivity contribution in [2.75, 3.05) is 10.8 Å². The van der Waals surface area contributed by atoms with Crippen LogP contribution >= 0.6 is 27.5 Å². The smallest absolute Gasteiger partial charge is 0.264 e. The van der Waals surface area contributed by atoms with Gasteiger partial charge >= 0.3 is 0 Å². The van der Waals surface area contributed by atoms with Crippen molar-refractivity contribution in [3.05, 3.63) is 129 Å². The highest BCUT2D eigenvalue weighted by atomic mass is 79.9. The molecule has 0 unspecified atom stereocenters. The lowest BCUT2D eigenvalue weighted by Gasteiger charge is -2.34. The number of amides is 2. The lowest BCUT2D eigenvalue weighted by molar-refractivity contribution is -0.140. The third-order valence-corrected chi connectivity index (χ3v) is 10.4. The summed E-state index contributed by atoms with van der Waals surface area (Å²) in [5.74, 6) is -0.826. The van der Waals surface area contributed by atoms with Crippen LogP contribution in [-0.4, -0.2) is 43.8 Å². The summed E-state index contributed by atoms with van der Waals surface area (Å²) in [6.07, 6.45) is 0.957. The van der Waals surface area contributed by atoms with Crippen molar-refractivity contribution in [2.24, 2.45) is 0 Å². The number of nitrogens with zero attached hydrogens (tertiary/aromatic N) is 2. The fraction of sp³-hybridized carbons (Fsp3) is 0.278. The maximum absolute atomic E-state index is 14.6. The number of benzene rings is 4. The highest BCUT2D eigenvalue weighted by Gasteiger charge is 2.35. The molecule has 0 aliphatic carbocycles. The minimum atomic E-state index is -4.21. The van der Waals surface area contributed by atoms with Crippen LogP contribution in [0.25, 0.3) is 0 Å². The molecule has 0 saturated heterocycles. The molecular weight excluding hydrogens is 686 g/mol. The third-order valence-electron chi connectivity index (χ3n) is 7.85. The standard InChI is InChI=1S/C36H39BrClN3O4S/c1-5-27(4)39-36(43)34(22-28-9-7-6-8-10-28)40(23-29-13-15-30(37)16-14-29)35(42)24-41(33-20-17-31(38)21-26(33)3)46(44,45)32-18-11-25(2)12-19-32/h6-21,27,34H,5,22-24H2,1-4H3,(H,39,43)/t27-,34+/m1/s1. The molecule has 0 spiro atoms. The Bertz CT molecular complexity index is 1750. The van der Waals surface area contributed by atoms with Crippen molar-refractivity contribution in [1.82, 2.24) is 10.2 Å². The molecule has 0 aliphatic rings. The number of nitrogens with one attached hydrogen (secondary N) is 1. The minimum absolute atomic E-state index is 0.0510. The van der Waals surface area contributed by atoms with Crippen LogP contribution in [0.4, 0.5) is 5.69 Å². The van der Waals surface area contributed by atoms with E-state index in [9.17, 15) is 18.0 Å². The second kappa shape index (κ2) is 15.8. The van der Waals surface area contributed by atoms with Gasteiger partial charge in [0.15, 0.2) is 0 Å². The molecule has 0 bridgehead atoms. The predicted octanol–water partition coefficient (Wildman–Crippen LogP) is 7.47. The zero-order valence-corrected chi connectivity index (χ0v) is 29.6. The molecule has 0 heterocycles. The fourth-order valence-corrected chi connectivity index (χ4v) is 7.00. The average Bonchev–Trinajstić information content (AvgIpc) is 3.03. The van der Waals surface area contributed by atoms with Crippen LogP contribution in [0.1, 0.15) is 42.5 Å². The van der Waals surface area contributed by atoms with Crippen molar-refractivity contribution >= 4 is 55.1 Å². The largest absolute Gasteiger partial charge is 0.352 e. The molecule has 242 valence electrons. The van der Waals surface area contributed by atoms with Gasteiger partial charge in [0, 0.05) is 28.5 Å². The van der Waals surface area contributed by atoms with E-state index in [0.717, 1.165) is 25.5 Å². The van der Waals surface area contributed by atoms with Gasteiger partial charge in [0.25, 0.3) is 10.0 Å². The number of halogens is 2. The molecular formula is C36H39BrClN3O4S. The monoisotopic (exact) mass is 723 g/mol. The molecule has 4 aromatic rings. The molecule has 4 rings (SSSR count). The number of hydrogen-bond donors (Lipinski definition) is 1. The van der Waals surface area contributed by atoms with Crippen molar-refractivity contribution < 1.29 is 18.0 Å². The summed E-state index contributed by atoms with van der Waals surface area (Å²) in [6, 6.07) is 27.3. The Balaban J connectivity index is 1.83. The van der Waals surface area contributed by atoms with Crippen LogP contribution in [0.3, 0.4) is 0 Å². The van der Waals surface area contributed by atoms with E-state index in [2.05, 4.69) is 21.2 Å². The molecule has 0 aromatic heterocycles. The summed E-state index contributed by atoms with van der Waals surface area (Å²) in [5.41, 5.74) is 3.48. The molecule has 2 atom stereocenters. The Labute approximate surface area is 285 Å². The Morgan fingerprint density at radius 1 is 0.891 bits per heavy atom. The van der Waals surface area contributed by atoms with E-state index in [4.69, 9.17) is 11.6 Å². The fourth-order valence-electron chi connectivity index (χ4n) is 5.03. The number of anilines is 1. The quantitative estimate of drug-likeness (QED) is 0.155. The van der Waals surface area contributed by atoms with Crippen LogP contribution in [-0.2, 0) is 32.6 Å². The summed E-state index contributed by atoms with van der Waals surface area (Å²) in [5, 5.41) is 3.50. The first-order chi connectivity index (χ1) is 21.9. The van der Waals surface area contributed by atoms with E-state index in [1.54, 1.807) is 37.3 Å². The van der Waals surface area contributed by atoms with E-state index in [0.29, 0.717) is 22.7 Å². The van der Waals surface area contributed by atoms with Crippen molar-refractivity contribution in [1.29, 1.82) is 0 Å². The molecule has 0 aliphatic heterocycles. The minimum Gasteiger partial charge on any atom is -0.352 e. The molecule has 2 amide bonds. The Kier molecular flexibility index (Phi) is 12.1. The first-order valence-corrected chi connectivity index (χ1v) is 17.7. The lowest BCUT2D eigenvalue weighted by Crippen LogP contribution is -2.54. The zero-order chi connectivity index (χ0) is 33.4. The first kappa shape index (κ1) is 35.2. The summed E-state index contributed by atoms with van der Waals surface area (Å²) in [4.78, 5) is 30.1. The van der Waals surface area contributed by atoms with E-state index in [-0.39, 0.29) is 29.8 Å². The van der Waals surface area contributed by atoms with Gasteiger partial charge in [-0.15, -0.1) is 0 Å². The zero-order valence-electron chi connectivity index (χ0n) is 26.4. The van der Waals surface area contributed by atoms with Gasteiger partial charge in [-0.1, -0.05) is 94.6 Å². The number of sulfonamides is 1. The maximum atomic E-state index is 14.6. The first-order valence-electron chi connectivity index (χ1n) is 15.1. The Morgan fingerprint density at radius 3 is 2.15 bits per heavy atom. The van der Waals surface area contributed by atoms with Crippen LogP contribution in [0.2, 0.25) is 5.02 Å². The highest BCUT2D eigenvalue weighted by Crippen LogP contribution is 2.30. The molecule has 0 saturated carbocycles. The van der Waals surface area contributed by atoms with Crippen LogP contribution < -0.4 is 9.62 Å². The maximum Gasteiger partial charge on any atom is 0.264 e. The normalized spacial score (nSPS) is 12.7. The van der Waals surface area contributed by atoms with Crippen molar-refractivity contribution in [3.63, 3.8) is 0 Å². The number of carbonyl (C=O) groups excluding carboxylic acids is 2. The summed E-state index contributed by atoms with van der Waals surface area (Å²) >= 11 is 9.71. The average molecular weight is 725 g/mol. The van der Waals surface area contributed by atoms with Crippen LogP contribution in [0, 0.1) is 13.8 Å². The van der Waals surface area contributed by atoms with Gasteiger partial charge in [-0.2, -0.15) is 0 Å². The second-order valence-corrected chi connectivity index (χ2v) is 14.6. The molecule has 4 aromatic carbocycles. The van der Waals surface area contributed by atoms with Crippen molar-refractivity contribution in [2.45, 2.75) is 64.1 Å². The number of rotatable bonds is 13. The second-order valence-electron chi connectivity index (χ2n) is 11.4. The molecule has 1 N–H and O–H groups in total. The van der Waals surface area contributed by atoms with Gasteiger partial charge in [-0.25, -0.2) is 8.42 Å². The highest BCUT2D eigenvalue weighted by molar-refractivity contribution is 9.10. The topological polar surface area (TPSA) is 86.8 Å². The molecule has 0 radical (unpaired) electrons. The van der Waals surface area contributed by atoms with Crippen molar-refractivity contribution in [3.8, 4) is 0 Å². The number of carbonyl (C=O) groups is 2. The van der Waals surface area contributed by atoms with Gasteiger partial charge in [0.05, 0.1) is 10.6 Å². The molecule has 46 heavy (non-hydrogen) atoms. The van der Waals surface area contributed by atoms with Gasteiger partial charge in [-0.05, 0) is 86.3 Å². The van der Waals surface area contributed by atoms with Gasteiger partial charge < -0.3 is 10.2 Å². The molecule has 10 heteroatoms. The van der Waals surface area contributed by atoms with E-state index in [1.165, 1.54) is 17.0 Å². The predicted molar refractivity (Wildman–Crippen MR) is 188 cm³/mol. The Morgan fingerprint density at radius 2 is 1.54 bits per heavy atom. The van der Waals surface area contributed by atoms with Gasteiger partial charge in [0.1, 0.15) is 12.6 Å². The van der Waals surface area contributed by atoms with E-state index in [1.807, 2.05) is 75.4 Å². The third kappa shape index (κ3) is 8.99. The van der Waals surface area contributed by atoms with E-state index < -0.39 is 28.5 Å².